The molecule has 0 spiro atoms. The molecule has 1 N–H and O–H groups in total. The summed E-state index contributed by atoms with van der Waals surface area (Å²) in [4.78, 5) is 13.3. The number of anilines is 1. The van der Waals surface area contributed by atoms with Crippen LogP contribution in [0.1, 0.15) is 18.5 Å². The van der Waals surface area contributed by atoms with Crippen molar-refractivity contribution in [3.8, 4) is 11.5 Å². The molecule has 1 aliphatic heterocycles. The van der Waals surface area contributed by atoms with Gasteiger partial charge in [-0.15, -0.1) is 0 Å². The van der Waals surface area contributed by atoms with Crippen LogP contribution in [0, 0.1) is 0 Å². The molecule has 166 valence electrons. The Morgan fingerprint density at radius 2 is 1.69 bits per heavy atom. The van der Waals surface area contributed by atoms with E-state index in [9.17, 15) is 13.2 Å². The van der Waals surface area contributed by atoms with Crippen LogP contribution < -0.4 is 19.1 Å². The second-order valence-electron chi connectivity index (χ2n) is 7.40. The van der Waals surface area contributed by atoms with Crippen molar-refractivity contribution in [2.75, 3.05) is 18.0 Å². The van der Waals surface area contributed by atoms with E-state index in [1.165, 1.54) is 16.4 Å². The lowest BCUT2D eigenvalue weighted by Crippen LogP contribution is -2.51. The third-order valence-electron chi connectivity index (χ3n) is 5.32. The molecule has 0 bridgehead atoms. The Balaban J connectivity index is 1.62. The van der Waals surface area contributed by atoms with Crippen LogP contribution in [0.2, 0.25) is 0 Å². The van der Waals surface area contributed by atoms with E-state index in [2.05, 4.69) is 5.32 Å². The van der Waals surface area contributed by atoms with Gasteiger partial charge in [-0.2, -0.15) is 0 Å². The van der Waals surface area contributed by atoms with E-state index < -0.39 is 22.0 Å². The zero-order chi connectivity index (χ0) is 22.7. The lowest BCUT2D eigenvalue weighted by Gasteiger charge is -2.35. The van der Waals surface area contributed by atoms with Gasteiger partial charge in [-0.25, -0.2) is 8.42 Å². The highest BCUT2D eigenvalue weighted by Gasteiger charge is 2.37. The first kappa shape index (κ1) is 21.7. The minimum Gasteiger partial charge on any atom is -0.496 e. The molecule has 7 nitrogen and oxygen atoms in total. The third-order valence-corrected chi connectivity index (χ3v) is 7.12. The van der Waals surface area contributed by atoms with Crippen LogP contribution in [0.5, 0.6) is 11.5 Å². The quantitative estimate of drug-likeness (QED) is 0.619. The van der Waals surface area contributed by atoms with Crippen molar-refractivity contribution < 1.29 is 22.7 Å². The predicted octanol–water partition coefficient (Wildman–Crippen LogP) is 3.53. The molecule has 1 amide bonds. The van der Waals surface area contributed by atoms with Crippen LogP contribution in [0.25, 0.3) is 0 Å². The molecule has 3 aromatic carbocycles. The normalized spacial score (nSPS) is 16.4. The average molecular weight is 453 g/mol. The number of para-hydroxylation sites is 3. The number of benzene rings is 3. The number of amides is 1. The molecule has 0 unspecified atom stereocenters. The highest BCUT2D eigenvalue weighted by atomic mass is 32.2. The largest absolute Gasteiger partial charge is 0.496 e. The van der Waals surface area contributed by atoms with E-state index in [0.29, 0.717) is 17.2 Å². The molecule has 1 aliphatic rings. The van der Waals surface area contributed by atoms with Crippen molar-refractivity contribution in [1.82, 2.24) is 5.32 Å². The first-order valence-electron chi connectivity index (χ1n) is 10.2. The van der Waals surface area contributed by atoms with E-state index in [4.69, 9.17) is 9.47 Å². The average Bonchev–Trinajstić information content (AvgIpc) is 2.83. The molecular formula is C24H24N2O5S. The van der Waals surface area contributed by atoms with Crippen LogP contribution in [0.15, 0.2) is 83.8 Å². The van der Waals surface area contributed by atoms with Gasteiger partial charge in [0, 0.05) is 5.56 Å². The molecule has 1 heterocycles. The number of rotatable bonds is 6. The van der Waals surface area contributed by atoms with Crippen molar-refractivity contribution in [1.29, 1.82) is 0 Å². The summed E-state index contributed by atoms with van der Waals surface area (Å²) in [6.07, 6.45) is -1.01. The minimum absolute atomic E-state index is 0.140. The van der Waals surface area contributed by atoms with Gasteiger partial charge in [0.15, 0.2) is 6.10 Å². The summed E-state index contributed by atoms with van der Waals surface area (Å²) >= 11 is 0. The molecule has 3 aromatic rings. The Bertz CT molecular complexity index is 1210. The van der Waals surface area contributed by atoms with Crippen molar-refractivity contribution >= 4 is 21.6 Å². The van der Waals surface area contributed by atoms with Gasteiger partial charge in [-0.1, -0.05) is 48.5 Å². The number of carbonyl (C=O) groups excluding carboxylic acids is 1. The topological polar surface area (TPSA) is 84.9 Å². The Hall–Kier alpha value is -3.52. The summed E-state index contributed by atoms with van der Waals surface area (Å²) in [5.41, 5.74) is 1.21. The number of hydrogen-bond acceptors (Lipinski definition) is 5. The fraction of sp³-hybridized carbons (Fsp3) is 0.208. The van der Waals surface area contributed by atoms with Crippen LogP contribution in [-0.4, -0.2) is 34.1 Å². The number of ether oxygens (including phenoxy) is 2. The van der Waals surface area contributed by atoms with Crippen molar-refractivity contribution in [3.05, 3.63) is 84.4 Å². The summed E-state index contributed by atoms with van der Waals surface area (Å²) < 4.78 is 39.2. The third kappa shape index (κ3) is 4.13. The first-order valence-corrected chi connectivity index (χ1v) is 11.6. The molecule has 2 atom stereocenters. The number of hydrogen-bond donors (Lipinski definition) is 1. The number of nitrogens with zero attached hydrogens (tertiary/aromatic N) is 1. The maximum Gasteiger partial charge on any atom is 0.264 e. The Labute approximate surface area is 187 Å². The maximum atomic E-state index is 13.4. The first-order chi connectivity index (χ1) is 15.4. The van der Waals surface area contributed by atoms with E-state index in [1.807, 2.05) is 31.2 Å². The summed E-state index contributed by atoms with van der Waals surface area (Å²) in [5.74, 6) is 0.581. The fourth-order valence-corrected chi connectivity index (χ4v) is 5.19. The fourth-order valence-electron chi connectivity index (χ4n) is 3.69. The van der Waals surface area contributed by atoms with Crippen LogP contribution in [-0.2, 0) is 14.8 Å². The Kier molecular flexibility index (Phi) is 6.05. The summed E-state index contributed by atoms with van der Waals surface area (Å²) in [5, 5.41) is 2.92. The highest BCUT2D eigenvalue weighted by Crippen LogP contribution is 2.37. The molecule has 0 aliphatic carbocycles. The molecule has 32 heavy (non-hydrogen) atoms. The molecule has 0 saturated carbocycles. The second kappa shape index (κ2) is 8.92. The number of sulfonamides is 1. The molecule has 0 saturated heterocycles. The van der Waals surface area contributed by atoms with E-state index in [0.717, 1.165) is 5.56 Å². The van der Waals surface area contributed by atoms with Gasteiger partial charge in [-0.3, -0.25) is 9.10 Å². The Morgan fingerprint density at radius 3 is 2.44 bits per heavy atom. The maximum absolute atomic E-state index is 13.4. The molecular weight excluding hydrogens is 428 g/mol. The van der Waals surface area contributed by atoms with Crippen LogP contribution in [0.4, 0.5) is 5.69 Å². The molecule has 8 heteroatoms. The summed E-state index contributed by atoms with van der Waals surface area (Å²) in [7, 11) is -2.31. The lowest BCUT2D eigenvalue weighted by atomic mass is 10.1. The van der Waals surface area contributed by atoms with Gasteiger partial charge in [0.25, 0.3) is 15.9 Å². The van der Waals surface area contributed by atoms with E-state index in [1.54, 1.807) is 49.6 Å². The number of methoxy groups -OCH3 is 1. The van der Waals surface area contributed by atoms with Gasteiger partial charge in [-0.05, 0) is 37.3 Å². The highest BCUT2D eigenvalue weighted by molar-refractivity contribution is 7.92. The van der Waals surface area contributed by atoms with Gasteiger partial charge in [0.2, 0.25) is 0 Å². The van der Waals surface area contributed by atoms with Gasteiger partial charge in [0.05, 0.1) is 30.3 Å². The van der Waals surface area contributed by atoms with Crippen molar-refractivity contribution in [3.63, 3.8) is 0 Å². The van der Waals surface area contributed by atoms with Crippen molar-refractivity contribution in [2.45, 2.75) is 24.0 Å². The van der Waals surface area contributed by atoms with Crippen LogP contribution in [0.3, 0.4) is 0 Å². The number of fused-ring (bicyclic) bond motifs is 1. The second-order valence-corrected chi connectivity index (χ2v) is 9.26. The monoisotopic (exact) mass is 452 g/mol. The van der Waals surface area contributed by atoms with Gasteiger partial charge >= 0.3 is 0 Å². The zero-order valence-electron chi connectivity index (χ0n) is 17.8. The molecule has 4 rings (SSSR count). The summed E-state index contributed by atoms with van der Waals surface area (Å²) in [6, 6.07) is 22.0. The predicted molar refractivity (Wildman–Crippen MR) is 121 cm³/mol. The van der Waals surface area contributed by atoms with Crippen molar-refractivity contribution in [2.24, 2.45) is 0 Å². The SMILES string of the molecule is COc1ccccc1[C@@H](C)NC(=O)[C@H]1CN(S(=O)(=O)c2ccccc2)c2ccccc2O1. The Morgan fingerprint density at radius 1 is 1.03 bits per heavy atom. The number of nitrogens with one attached hydrogen (secondary N) is 1. The molecule has 0 aromatic heterocycles. The minimum atomic E-state index is -3.88. The number of carbonyl (C=O) groups is 1. The summed E-state index contributed by atoms with van der Waals surface area (Å²) in [6.45, 7) is 1.70. The van der Waals surface area contributed by atoms with Crippen LogP contribution >= 0.6 is 0 Å². The molecule has 0 radical (unpaired) electrons. The molecule has 0 fully saturated rings. The smallest absolute Gasteiger partial charge is 0.264 e. The zero-order valence-corrected chi connectivity index (χ0v) is 18.6. The lowest BCUT2D eigenvalue weighted by molar-refractivity contribution is -0.128. The van der Waals surface area contributed by atoms with E-state index in [-0.39, 0.29) is 17.5 Å². The van der Waals surface area contributed by atoms with Gasteiger partial charge in [0.1, 0.15) is 11.5 Å². The van der Waals surface area contributed by atoms with Gasteiger partial charge < -0.3 is 14.8 Å². The van der Waals surface area contributed by atoms with E-state index >= 15 is 0 Å². The standard InChI is InChI=1S/C24H24N2O5S/c1-17(19-12-6-8-14-21(19)30-2)25-24(27)23-16-26(20-13-7-9-15-22(20)31-23)32(28,29)18-10-4-3-5-11-18/h3-15,17,23H,16H2,1-2H3,(H,25,27)/t17-,23-/m1/s1.